The van der Waals surface area contributed by atoms with E-state index in [2.05, 4.69) is 48.3 Å². The SMILES string of the molecule is C/C=C\c1[nH]c2ccccc2c1C.CC. The number of H-pyrrole nitrogens is 1. The summed E-state index contributed by atoms with van der Waals surface area (Å²) in [6.07, 6.45) is 4.16. The predicted molar refractivity (Wildman–Crippen MR) is 69.1 cm³/mol. The fraction of sp³-hybridized carbons (Fsp3) is 0.286. The molecule has 0 saturated carbocycles. The number of hydrogen-bond acceptors (Lipinski definition) is 0. The number of rotatable bonds is 1. The fourth-order valence-electron chi connectivity index (χ4n) is 1.64. The Balaban J connectivity index is 0.000000531. The molecule has 0 saturated heterocycles. The second-order valence-electron chi connectivity index (χ2n) is 3.21. The van der Waals surface area contributed by atoms with E-state index in [1.807, 2.05) is 20.8 Å². The topological polar surface area (TPSA) is 15.8 Å². The van der Waals surface area contributed by atoms with Crippen molar-refractivity contribution in [1.29, 1.82) is 0 Å². The summed E-state index contributed by atoms with van der Waals surface area (Å²) in [5.41, 5.74) is 3.76. The summed E-state index contributed by atoms with van der Waals surface area (Å²) in [6.45, 7) is 8.18. The van der Waals surface area contributed by atoms with Gasteiger partial charge < -0.3 is 4.98 Å². The molecule has 0 unspecified atom stereocenters. The number of aryl methyl sites for hydroxylation is 1. The van der Waals surface area contributed by atoms with E-state index in [9.17, 15) is 0 Å². The van der Waals surface area contributed by atoms with Crippen molar-refractivity contribution in [2.75, 3.05) is 0 Å². The minimum atomic E-state index is 1.21. The smallest absolute Gasteiger partial charge is 0.0461 e. The first-order valence-corrected chi connectivity index (χ1v) is 5.53. The van der Waals surface area contributed by atoms with Crippen LogP contribution in [-0.2, 0) is 0 Å². The van der Waals surface area contributed by atoms with Gasteiger partial charge in [0.05, 0.1) is 0 Å². The number of aromatic nitrogens is 1. The molecule has 2 aromatic rings. The molecule has 0 radical (unpaired) electrons. The van der Waals surface area contributed by atoms with Crippen molar-refractivity contribution in [2.45, 2.75) is 27.7 Å². The van der Waals surface area contributed by atoms with Crippen molar-refractivity contribution in [3.8, 4) is 0 Å². The second kappa shape index (κ2) is 5.40. The quantitative estimate of drug-likeness (QED) is 0.697. The Bertz CT molecular complexity index is 449. The van der Waals surface area contributed by atoms with Crippen molar-refractivity contribution in [2.24, 2.45) is 0 Å². The van der Waals surface area contributed by atoms with Gasteiger partial charge in [0.1, 0.15) is 0 Å². The van der Waals surface area contributed by atoms with Gasteiger partial charge in [-0.1, -0.05) is 38.1 Å². The molecule has 1 heterocycles. The molecule has 1 aromatic carbocycles. The van der Waals surface area contributed by atoms with Gasteiger partial charge in [-0.3, -0.25) is 0 Å². The van der Waals surface area contributed by atoms with Crippen LogP contribution in [0.5, 0.6) is 0 Å². The maximum absolute atomic E-state index is 3.38. The van der Waals surface area contributed by atoms with Gasteiger partial charge in [-0.2, -0.15) is 0 Å². The Morgan fingerprint density at radius 1 is 1.13 bits per heavy atom. The maximum Gasteiger partial charge on any atom is 0.0461 e. The molecule has 0 spiro atoms. The van der Waals surface area contributed by atoms with Crippen molar-refractivity contribution in [3.05, 3.63) is 41.6 Å². The number of allylic oxidation sites excluding steroid dienone is 1. The van der Waals surface area contributed by atoms with Crippen LogP contribution in [0.3, 0.4) is 0 Å². The van der Waals surface area contributed by atoms with E-state index in [1.165, 1.54) is 22.2 Å². The van der Waals surface area contributed by atoms with E-state index in [0.29, 0.717) is 0 Å². The molecule has 0 aliphatic heterocycles. The molecule has 0 aliphatic carbocycles. The van der Waals surface area contributed by atoms with Crippen LogP contribution in [0, 0.1) is 6.92 Å². The van der Waals surface area contributed by atoms with Gasteiger partial charge in [0, 0.05) is 16.6 Å². The van der Waals surface area contributed by atoms with Crippen LogP contribution in [-0.4, -0.2) is 4.98 Å². The summed E-state index contributed by atoms with van der Waals surface area (Å²) in [5.74, 6) is 0. The Kier molecular flexibility index (Phi) is 4.17. The second-order valence-corrected chi connectivity index (χ2v) is 3.21. The third kappa shape index (κ3) is 2.30. The standard InChI is InChI=1S/C12H13N.C2H6/c1-3-6-11-9(2)10-7-4-5-8-12(10)13-11;1-2/h3-8,13H,1-2H3;1-2H3/b6-3-;. The zero-order chi connectivity index (χ0) is 11.3. The third-order valence-electron chi connectivity index (χ3n) is 2.34. The molecule has 15 heavy (non-hydrogen) atoms. The average Bonchev–Trinajstić information content (AvgIpc) is 2.60. The third-order valence-corrected chi connectivity index (χ3v) is 2.34. The Hall–Kier alpha value is -1.50. The molecule has 0 aliphatic rings. The number of para-hydroxylation sites is 1. The number of nitrogens with one attached hydrogen (secondary N) is 1. The van der Waals surface area contributed by atoms with Gasteiger partial charge >= 0.3 is 0 Å². The molecule has 1 aromatic heterocycles. The van der Waals surface area contributed by atoms with Crippen LogP contribution >= 0.6 is 0 Å². The largest absolute Gasteiger partial charge is 0.355 e. The lowest BCUT2D eigenvalue weighted by Gasteiger charge is -1.89. The van der Waals surface area contributed by atoms with Crippen molar-refractivity contribution in [3.63, 3.8) is 0 Å². The molecule has 0 bridgehead atoms. The molecular formula is C14H19N. The highest BCUT2D eigenvalue weighted by atomic mass is 14.7. The molecule has 2 rings (SSSR count). The van der Waals surface area contributed by atoms with E-state index in [-0.39, 0.29) is 0 Å². The van der Waals surface area contributed by atoms with Gasteiger partial charge in [-0.05, 0) is 31.6 Å². The van der Waals surface area contributed by atoms with Crippen LogP contribution in [0.25, 0.3) is 17.0 Å². The van der Waals surface area contributed by atoms with Crippen LogP contribution < -0.4 is 0 Å². The lowest BCUT2D eigenvalue weighted by atomic mass is 10.1. The van der Waals surface area contributed by atoms with Crippen LogP contribution in [0.4, 0.5) is 0 Å². The van der Waals surface area contributed by atoms with Gasteiger partial charge in [-0.25, -0.2) is 0 Å². The summed E-state index contributed by atoms with van der Waals surface area (Å²) in [7, 11) is 0. The molecule has 0 atom stereocenters. The summed E-state index contributed by atoms with van der Waals surface area (Å²) in [4.78, 5) is 3.38. The normalized spacial score (nSPS) is 10.4. The highest BCUT2D eigenvalue weighted by molar-refractivity contribution is 5.86. The summed E-state index contributed by atoms with van der Waals surface area (Å²) in [6, 6.07) is 8.38. The van der Waals surface area contributed by atoms with Crippen LogP contribution in [0.2, 0.25) is 0 Å². The van der Waals surface area contributed by atoms with Crippen molar-refractivity contribution >= 4 is 17.0 Å². The summed E-state index contributed by atoms with van der Waals surface area (Å²) < 4.78 is 0. The highest BCUT2D eigenvalue weighted by Gasteiger charge is 2.02. The molecule has 1 N–H and O–H groups in total. The zero-order valence-corrected chi connectivity index (χ0v) is 9.96. The monoisotopic (exact) mass is 201 g/mol. The Labute approximate surface area is 91.8 Å². The highest BCUT2D eigenvalue weighted by Crippen LogP contribution is 2.21. The first kappa shape index (κ1) is 11.6. The molecule has 80 valence electrons. The van der Waals surface area contributed by atoms with E-state index in [1.54, 1.807) is 0 Å². The lowest BCUT2D eigenvalue weighted by molar-refractivity contribution is 1.37. The van der Waals surface area contributed by atoms with Crippen LogP contribution in [0.15, 0.2) is 30.3 Å². The Morgan fingerprint density at radius 2 is 1.80 bits per heavy atom. The van der Waals surface area contributed by atoms with Gasteiger partial charge in [0.15, 0.2) is 0 Å². The molecule has 0 fully saturated rings. The number of hydrogen-bond donors (Lipinski definition) is 1. The minimum Gasteiger partial charge on any atom is -0.355 e. The zero-order valence-electron chi connectivity index (χ0n) is 9.96. The molecule has 1 nitrogen and oxygen atoms in total. The van der Waals surface area contributed by atoms with Gasteiger partial charge in [0.25, 0.3) is 0 Å². The van der Waals surface area contributed by atoms with E-state index in [4.69, 9.17) is 0 Å². The molecule has 0 amide bonds. The number of aromatic amines is 1. The van der Waals surface area contributed by atoms with Gasteiger partial charge in [0.2, 0.25) is 0 Å². The Morgan fingerprint density at radius 3 is 2.40 bits per heavy atom. The molecular weight excluding hydrogens is 182 g/mol. The van der Waals surface area contributed by atoms with E-state index >= 15 is 0 Å². The van der Waals surface area contributed by atoms with Gasteiger partial charge in [-0.15, -0.1) is 0 Å². The summed E-state index contributed by atoms with van der Waals surface area (Å²) >= 11 is 0. The van der Waals surface area contributed by atoms with E-state index in [0.717, 1.165) is 0 Å². The number of fused-ring (bicyclic) bond motifs is 1. The lowest BCUT2D eigenvalue weighted by Crippen LogP contribution is -1.72. The fourth-order valence-corrected chi connectivity index (χ4v) is 1.64. The predicted octanol–water partition coefficient (Wildman–Crippen LogP) is 4.54. The molecule has 1 heteroatoms. The first-order valence-electron chi connectivity index (χ1n) is 5.53. The van der Waals surface area contributed by atoms with Crippen molar-refractivity contribution < 1.29 is 0 Å². The van der Waals surface area contributed by atoms with E-state index < -0.39 is 0 Å². The maximum atomic E-state index is 3.38. The average molecular weight is 201 g/mol. The summed E-state index contributed by atoms with van der Waals surface area (Å²) in [5, 5.41) is 1.32. The number of benzene rings is 1. The van der Waals surface area contributed by atoms with Crippen molar-refractivity contribution in [1.82, 2.24) is 4.98 Å². The van der Waals surface area contributed by atoms with Crippen LogP contribution in [0.1, 0.15) is 32.0 Å². The minimum absolute atomic E-state index is 1.21. The first-order chi connectivity index (χ1) is 7.33.